The molecule has 0 bridgehead atoms. The standard InChI is InChI=1S/C15H22N4O/c1-4-8-16-9-13-7-5-6-12(2)15(13)20-11-14-10-19(3)18-17-14/h5-7,10,16H,4,8-9,11H2,1-3H3. The molecule has 1 N–H and O–H groups in total. The summed E-state index contributed by atoms with van der Waals surface area (Å²) in [6, 6.07) is 6.23. The Bertz CT molecular complexity index is 551. The van der Waals surface area contributed by atoms with Crippen molar-refractivity contribution in [3.63, 3.8) is 0 Å². The summed E-state index contributed by atoms with van der Waals surface area (Å²) in [5, 5.41) is 11.4. The summed E-state index contributed by atoms with van der Waals surface area (Å²) in [5.74, 6) is 0.946. The Morgan fingerprint density at radius 1 is 1.35 bits per heavy atom. The number of nitrogens with one attached hydrogen (secondary N) is 1. The lowest BCUT2D eigenvalue weighted by Crippen LogP contribution is -2.15. The molecule has 0 aliphatic heterocycles. The number of aromatic nitrogens is 3. The van der Waals surface area contributed by atoms with Crippen molar-refractivity contribution in [2.24, 2.45) is 7.05 Å². The predicted octanol–water partition coefficient (Wildman–Crippen LogP) is 2.20. The summed E-state index contributed by atoms with van der Waals surface area (Å²) in [7, 11) is 1.85. The van der Waals surface area contributed by atoms with Crippen LogP contribution < -0.4 is 10.1 Å². The van der Waals surface area contributed by atoms with Crippen LogP contribution in [0.25, 0.3) is 0 Å². The fourth-order valence-corrected chi connectivity index (χ4v) is 2.07. The molecule has 20 heavy (non-hydrogen) atoms. The molecule has 0 aliphatic carbocycles. The number of aryl methyl sites for hydroxylation is 2. The molecule has 5 nitrogen and oxygen atoms in total. The highest BCUT2D eigenvalue weighted by molar-refractivity contribution is 5.40. The highest BCUT2D eigenvalue weighted by Crippen LogP contribution is 2.24. The van der Waals surface area contributed by atoms with Crippen LogP contribution in [0, 0.1) is 6.92 Å². The Morgan fingerprint density at radius 2 is 2.20 bits per heavy atom. The largest absolute Gasteiger partial charge is 0.487 e. The molecule has 1 aromatic carbocycles. The molecule has 2 rings (SSSR count). The Kier molecular flexibility index (Phi) is 5.12. The van der Waals surface area contributed by atoms with Gasteiger partial charge in [-0.15, -0.1) is 5.10 Å². The lowest BCUT2D eigenvalue weighted by Gasteiger charge is -2.13. The van der Waals surface area contributed by atoms with Gasteiger partial charge in [0.25, 0.3) is 0 Å². The van der Waals surface area contributed by atoms with Crippen molar-refractivity contribution in [1.29, 1.82) is 0 Å². The lowest BCUT2D eigenvalue weighted by molar-refractivity contribution is 0.295. The van der Waals surface area contributed by atoms with Gasteiger partial charge in [-0.3, -0.25) is 4.68 Å². The summed E-state index contributed by atoms with van der Waals surface area (Å²) in [5.41, 5.74) is 3.16. The van der Waals surface area contributed by atoms with Gasteiger partial charge in [-0.05, 0) is 25.5 Å². The van der Waals surface area contributed by atoms with Crippen molar-refractivity contribution in [2.75, 3.05) is 6.54 Å². The topological polar surface area (TPSA) is 52.0 Å². The van der Waals surface area contributed by atoms with Gasteiger partial charge in [-0.1, -0.05) is 30.3 Å². The SMILES string of the molecule is CCCNCc1cccc(C)c1OCc1cn(C)nn1. The third-order valence-electron chi connectivity index (χ3n) is 3.05. The van der Waals surface area contributed by atoms with Crippen LogP contribution in [0.4, 0.5) is 0 Å². The second-order valence-electron chi connectivity index (χ2n) is 4.91. The van der Waals surface area contributed by atoms with Crippen molar-refractivity contribution in [1.82, 2.24) is 20.3 Å². The third kappa shape index (κ3) is 3.81. The van der Waals surface area contributed by atoms with Gasteiger partial charge in [0.05, 0.1) is 6.20 Å². The highest BCUT2D eigenvalue weighted by atomic mass is 16.5. The van der Waals surface area contributed by atoms with Crippen LogP contribution in [-0.4, -0.2) is 21.5 Å². The van der Waals surface area contributed by atoms with Crippen molar-refractivity contribution >= 4 is 0 Å². The molecule has 108 valence electrons. The zero-order valence-corrected chi connectivity index (χ0v) is 12.4. The first-order valence-electron chi connectivity index (χ1n) is 6.98. The second-order valence-corrected chi connectivity index (χ2v) is 4.91. The van der Waals surface area contributed by atoms with Gasteiger partial charge < -0.3 is 10.1 Å². The Morgan fingerprint density at radius 3 is 2.90 bits per heavy atom. The van der Waals surface area contributed by atoms with Crippen molar-refractivity contribution in [3.05, 3.63) is 41.2 Å². The van der Waals surface area contributed by atoms with Crippen molar-refractivity contribution < 1.29 is 4.74 Å². The molecular formula is C15H22N4O. The van der Waals surface area contributed by atoms with E-state index in [1.807, 2.05) is 13.2 Å². The molecule has 0 aliphatic rings. The van der Waals surface area contributed by atoms with Crippen LogP contribution in [0.5, 0.6) is 5.75 Å². The first kappa shape index (κ1) is 14.5. The fourth-order valence-electron chi connectivity index (χ4n) is 2.07. The van der Waals surface area contributed by atoms with Gasteiger partial charge in [0.1, 0.15) is 18.1 Å². The smallest absolute Gasteiger partial charge is 0.134 e. The number of hydrogen-bond donors (Lipinski definition) is 1. The number of benzene rings is 1. The normalized spacial score (nSPS) is 10.8. The van der Waals surface area contributed by atoms with Crippen molar-refractivity contribution in [2.45, 2.75) is 33.4 Å². The number of rotatable bonds is 7. The van der Waals surface area contributed by atoms with Crippen LogP contribution in [0.2, 0.25) is 0 Å². The maximum atomic E-state index is 5.94. The van der Waals surface area contributed by atoms with E-state index in [2.05, 4.69) is 47.7 Å². The molecule has 2 aromatic rings. The van der Waals surface area contributed by atoms with E-state index >= 15 is 0 Å². The predicted molar refractivity (Wildman–Crippen MR) is 78.5 cm³/mol. The zero-order valence-electron chi connectivity index (χ0n) is 12.4. The quantitative estimate of drug-likeness (QED) is 0.786. The maximum absolute atomic E-state index is 5.94. The van der Waals surface area contributed by atoms with Gasteiger partial charge in [-0.25, -0.2) is 0 Å². The monoisotopic (exact) mass is 274 g/mol. The van der Waals surface area contributed by atoms with E-state index in [-0.39, 0.29) is 0 Å². The van der Waals surface area contributed by atoms with E-state index < -0.39 is 0 Å². The molecule has 5 heteroatoms. The molecule has 0 spiro atoms. The molecule has 0 radical (unpaired) electrons. The van der Waals surface area contributed by atoms with E-state index in [9.17, 15) is 0 Å². The Labute approximate surface area is 120 Å². The third-order valence-corrected chi connectivity index (χ3v) is 3.05. The van der Waals surface area contributed by atoms with Crippen LogP contribution in [0.3, 0.4) is 0 Å². The molecule has 0 fully saturated rings. The van der Waals surface area contributed by atoms with E-state index in [1.165, 1.54) is 5.56 Å². The summed E-state index contributed by atoms with van der Waals surface area (Å²) >= 11 is 0. The molecule has 0 saturated carbocycles. The molecule has 0 atom stereocenters. The number of nitrogens with zero attached hydrogens (tertiary/aromatic N) is 3. The second kappa shape index (κ2) is 7.05. The average Bonchev–Trinajstić information content (AvgIpc) is 2.84. The van der Waals surface area contributed by atoms with Crippen LogP contribution in [0.15, 0.2) is 24.4 Å². The Balaban J connectivity index is 2.04. The van der Waals surface area contributed by atoms with E-state index in [0.717, 1.165) is 36.5 Å². The minimum atomic E-state index is 0.444. The van der Waals surface area contributed by atoms with Crippen LogP contribution in [0.1, 0.15) is 30.2 Å². The molecule has 0 saturated heterocycles. The highest BCUT2D eigenvalue weighted by Gasteiger charge is 2.08. The minimum Gasteiger partial charge on any atom is -0.487 e. The lowest BCUT2D eigenvalue weighted by atomic mass is 10.1. The zero-order chi connectivity index (χ0) is 14.4. The van der Waals surface area contributed by atoms with Gasteiger partial charge in [0.2, 0.25) is 0 Å². The summed E-state index contributed by atoms with van der Waals surface area (Å²) < 4.78 is 7.62. The summed E-state index contributed by atoms with van der Waals surface area (Å²) in [6.07, 6.45) is 2.99. The summed E-state index contributed by atoms with van der Waals surface area (Å²) in [6.45, 7) is 6.51. The molecule has 0 amide bonds. The van der Waals surface area contributed by atoms with E-state index in [0.29, 0.717) is 6.61 Å². The van der Waals surface area contributed by atoms with Gasteiger partial charge in [-0.2, -0.15) is 0 Å². The minimum absolute atomic E-state index is 0.444. The van der Waals surface area contributed by atoms with Crippen molar-refractivity contribution in [3.8, 4) is 5.75 Å². The first-order valence-corrected chi connectivity index (χ1v) is 6.98. The summed E-state index contributed by atoms with van der Waals surface area (Å²) in [4.78, 5) is 0. The van der Waals surface area contributed by atoms with Gasteiger partial charge in [0, 0.05) is 19.2 Å². The van der Waals surface area contributed by atoms with E-state index in [4.69, 9.17) is 4.74 Å². The number of hydrogen-bond acceptors (Lipinski definition) is 4. The average molecular weight is 274 g/mol. The van der Waals surface area contributed by atoms with Gasteiger partial charge >= 0.3 is 0 Å². The molecule has 1 heterocycles. The van der Waals surface area contributed by atoms with E-state index in [1.54, 1.807) is 4.68 Å². The molecule has 1 aromatic heterocycles. The maximum Gasteiger partial charge on any atom is 0.134 e. The fraction of sp³-hybridized carbons (Fsp3) is 0.467. The number of para-hydroxylation sites is 1. The first-order chi connectivity index (χ1) is 9.70. The van der Waals surface area contributed by atoms with Gasteiger partial charge in [0.15, 0.2) is 0 Å². The van der Waals surface area contributed by atoms with Crippen LogP contribution >= 0.6 is 0 Å². The molecular weight excluding hydrogens is 252 g/mol. The molecule has 0 unspecified atom stereocenters. The number of ether oxygens (including phenoxy) is 1. The Hall–Kier alpha value is -1.88. The van der Waals surface area contributed by atoms with Crippen LogP contribution in [-0.2, 0) is 20.2 Å².